The van der Waals surface area contributed by atoms with Gasteiger partial charge in [-0.3, -0.25) is 4.90 Å². The Labute approximate surface area is 142 Å². The first-order chi connectivity index (χ1) is 11.8. The standard InChI is InChI=1S/C20H21N3O/c1-23(12-16-14-24-19-10-6-5-9-17(16)19)13-20-21-11-18(22-20)15-7-3-2-4-8-15/h2-11,16H,12-14H2,1H3,(H,21,22). The molecule has 1 aliphatic rings. The minimum Gasteiger partial charge on any atom is -0.493 e. The van der Waals surface area contributed by atoms with Gasteiger partial charge in [-0.25, -0.2) is 4.98 Å². The van der Waals surface area contributed by atoms with E-state index in [1.165, 1.54) is 5.56 Å². The van der Waals surface area contributed by atoms with Gasteiger partial charge < -0.3 is 9.72 Å². The van der Waals surface area contributed by atoms with E-state index in [1.54, 1.807) is 0 Å². The molecule has 4 rings (SSSR count). The van der Waals surface area contributed by atoms with Crippen LogP contribution in [0.3, 0.4) is 0 Å². The molecule has 0 radical (unpaired) electrons. The van der Waals surface area contributed by atoms with Gasteiger partial charge in [0, 0.05) is 18.0 Å². The lowest BCUT2D eigenvalue weighted by Crippen LogP contribution is -2.25. The van der Waals surface area contributed by atoms with E-state index in [1.807, 2.05) is 36.5 Å². The van der Waals surface area contributed by atoms with Crippen molar-refractivity contribution >= 4 is 0 Å². The second kappa shape index (κ2) is 6.49. The molecule has 24 heavy (non-hydrogen) atoms. The molecule has 1 aliphatic heterocycles. The van der Waals surface area contributed by atoms with Crippen molar-refractivity contribution in [2.24, 2.45) is 0 Å². The quantitative estimate of drug-likeness (QED) is 0.780. The number of likely N-dealkylation sites (N-methyl/N-ethyl adjacent to an activating group) is 1. The van der Waals surface area contributed by atoms with Crippen molar-refractivity contribution in [1.82, 2.24) is 14.9 Å². The molecule has 2 aromatic carbocycles. The summed E-state index contributed by atoms with van der Waals surface area (Å²) in [4.78, 5) is 10.2. The second-order valence-corrected chi connectivity index (χ2v) is 6.35. The summed E-state index contributed by atoms with van der Waals surface area (Å²) in [6.45, 7) is 2.51. The number of nitrogens with zero attached hydrogens (tertiary/aromatic N) is 2. The number of hydrogen-bond donors (Lipinski definition) is 1. The molecule has 1 atom stereocenters. The summed E-state index contributed by atoms with van der Waals surface area (Å²) in [7, 11) is 2.13. The van der Waals surface area contributed by atoms with Crippen LogP contribution >= 0.6 is 0 Å². The van der Waals surface area contributed by atoms with Gasteiger partial charge in [0.1, 0.15) is 11.6 Å². The van der Waals surface area contributed by atoms with Crippen LogP contribution in [-0.4, -0.2) is 35.1 Å². The zero-order valence-corrected chi connectivity index (χ0v) is 13.8. The fourth-order valence-corrected chi connectivity index (χ4v) is 3.28. The number of nitrogens with one attached hydrogen (secondary N) is 1. The molecule has 1 unspecified atom stereocenters. The number of ether oxygens (including phenoxy) is 1. The van der Waals surface area contributed by atoms with Crippen molar-refractivity contribution in [2.45, 2.75) is 12.5 Å². The first-order valence-electron chi connectivity index (χ1n) is 8.29. The summed E-state index contributed by atoms with van der Waals surface area (Å²) in [5.74, 6) is 2.44. The van der Waals surface area contributed by atoms with Crippen LogP contribution in [0.15, 0.2) is 60.8 Å². The maximum atomic E-state index is 5.77. The van der Waals surface area contributed by atoms with E-state index in [-0.39, 0.29) is 0 Å². The number of para-hydroxylation sites is 1. The number of fused-ring (bicyclic) bond motifs is 1. The molecule has 0 amide bonds. The van der Waals surface area contributed by atoms with Crippen LogP contribution in [0.25, 0.3) is 11.3 Å². The highest BCUT2D eigenvalue weighted by Gasteiger charge is 2.24. The van der Waals surface area contributed by atoms with E-state index in [0.717, 1.165) is 42.5 Å². The molecule has 0 spiro atoms. The lowest BCUT2D eigenvalue weighted by Gasteiger charge is -2.19. The van der Waals surface area contributed by atoms with Crippen molar-refractivity contribution in [3.63, 3.8) is 0 Å². The molecule has 0 aliphatic carbocycles. The van der Waals surface area contributed by atoms with Gasteiger partial charge in [0.05, 0.1) is 25.0 Å². The summed E-state index contributed by atoms with van der Waals surface area (Å²) in [6, 6.07) is 18.6. The minimum atomic E-state index is 0.426. The highest BCUT2D eigenvalue weighted by Crippen LogP contribution is 2.33. The third kappa shape index (κ3) is 3.05. The van der Waals surface area contributed by atoms with Gasteiger partial charge in [-0.05, 0) is 18.7 Å². The Morgan fingerprint density at radius 3 is 2.79 bits per heavy atom. The van der Waals surface area contributed by atoms with E-state index in [0.29, 0.717) is 5.92 Å². The van der Waals surface area contributed by atoms with Gasteiger partial charge in [0.2, 0.25) is 0 Å². The van der Waals surface area contributed by atoms with Gasteiger partial charge >= 0.3 is 0 Å². The number of imidazole rings is 1. The molecule has 122 valence electrons. The molecular formula is C20H21N3O. The monoisotopic (exact) mass is 319 g/mol. The smallest absolute Gasteiger partial charge is 0.122 e. The third-order valence-electron chi connectivity index (χ3n) is 4.46. The average Bonchev–Trinajstić information content (AvgIpc) is 3.23. The van der Waals surface area contributed by atoms with Crippen molar-refractivity contribution in [3.05, 3.63) is 72.2 Å². The second-order valence-electron chi connectivity index (χ2n) is 6.35. The number of rotatable bonds is 5. The van der Waals surface area contributed by atoms with Crippen LogP contribution in [0.5, 0.6) is 5.75 Å². The Morgan fingerprint density at radius 2 is 1.92 bits per heavy atom. The molecule has 3 aromatic rings. The minimum absolute atomic E-state index is 0.426. The molecule has 0 fully saturated rings. The van der Waals surface area contributed by atoms with Gasteiger partial charge in [0.25, 0.3) is 0 Å². The summed E-state index contributed by atoms with van der Waals surface area (Å²) < 4.78 is 5.77. The summed E-state index contributed by atoms with van der Waals surface area (Å²) in [5, 5.41) is 0. The van der Waals surface area contributed by atoms with E-state index >= 15 is 0 Å². The Morgan fingerprint density at radius 1 is 1.12 bits per heavy atom. The van der Waals surface area contributed by atoms with Crippen LogP contribution in [0.1, 0.15) is 17.3 Å². The van der Waals surface area contributed by atoms with Crippen LogP contribution in [-0.2, 0) is 6.54 Å². The number of H-pyrrole nitrogens is 1. The molecule has 1 aromatic heterocycles. The number of aromatic amines is 1. The van der Waals surface area contributed by atoms with Gasteiger partial charge in [-0.2, -0.15) is 0 Å². The zero-order valence-electron chi connectivity index (χ0n) is 13.8. The average molecular weight is 319 g/mol. The largest absolute Gasteiger partial charge is 0.493 e. The van der Waals surface area contributed by atoms with Crippen molar-refractivity contribution in [1.29, 1.82) is 0 Å². The number of aromatic nitrogens is 2. The van der Waals surface area contributed by atoms with Gasteiger partial charge in [0.15, 0.2) is 0 Å². The number of hydrogen-bond acceptors (Lipinski definition) is 3. The van der Waals surface area contributed by atoms with Gasteiger partial charge in [-0.1, -0.05) is 48.5 Å². The summed E-state index contributed by atoms with van der Waals surface area (Å²) in [5.41, 5.74) is 3.54. The van der Waals surface area contributed by atoms with Crippen molar-refractivity contribution < 1.29 is 4.74 Å². The molecule has 0 bridgehead atoms. The molecule has 0 saturated heterocycles. The first-order valence-corrected chi connectivity index (χ1v) is 8.29. The lowest BCUT2D eigenvalue weighted by atomic mass is 10.0. The van der Waals surface area contributed by atoms with E-state index in [9.17, 15) is 0 Å². The maximum absolute atomic E-state index is 5.77. The fraction of sp³-hybridized carbons (Fsp3) is 0.250. The molecule has 4 heteroatoms. The fourth-order valence-electron chi connectivity index (χ4n) is 3.28. The highest BCUT2D eigenvalue weighted by atomic mass is 16.5. The van der Waals surface area contributed by atoms with Crippen molar-refractivity contribution in [2.75, 3.05) is 20.2 Å². The Hall–Kier alpha value is -2.59. The van der Waals surface area contributed by atoms with E-state index in [4.69, 9.17) is 4.74 Å². The normalized spacial score (nSPS) is 16.2. The van der Waals surface area contributed by atoms with Gasteiger partial charge in [-0.15, -0.1) is 0 Å². The zero-order chi connectivity index (χ0) is 16.4. The highest BCUT2D eigenvalue weighted by molar-refractivity contribution is 5.57. The Bertz CT molecular complexity index is 813. The third-order valence-corrected chi connectivity index (χ3v) is 4.46. The van der Waals surface area contributed by atoms with E-state index < -0.39 is 0 Å². The SMILES string of the molecule is CN(Cc1ncc(-c2ccccc2)[nH]1)CC1COc2ccccc21. The predicted molar refractivity (Wildman–Crippen MR) is 95.0 cm³/mol. The topological polar surface area (TPSA) is 41.2 Å². The molecule has 1 N–H and O–H groups in total. The van der Waals surface area contributed by atoms with Crippen molar-refractivity contribution in [3.8, 4) is 17.0 Å². The van der Waals surface area contributed by atoms with Crippen LogP contribution in [0, 0.1) is 0 Å². The summed E-state index contributed by atoms with van der Waals surface area (Å²) >= 11 is 0. The predicted octanol–water partition coefficient (Wildman–Crippen LogP) is 3.68. The summed E-state index contributed by atoms with van der Waals surface area (Å²) in [6.07, 6.45) is 1.91. The first kappa shape index (κ1) is 15.0. The van der Waals surface area contributed by atoms with E-state index in [2.05, 4.69) is 46.2 Å². The van der Waals surface area contributed by atoms with Crippen LogP contribution < -0.4 is 4.74 Å². The lowest BCUT2D eigenvalue weighted by molar-refractivity contribution is 0.258. The molecular weight excluding hydrogens is 298 g/mol. The molecule has 2 heterocycles. The Kier molecular flexibility index (Phi) is 4.05. The Balaban J connectivity index is 1.40. The molecule has 4 nitrogen and oxygen atoms in total. The number of benzene rings is 2. The van der Waals surface area contributed by atoms with Crippen LogP contribution in [0.4, 0.5) is 0 Å². The molecule has 0 saturated carbocycles. The van der Waals surface area contributed by atoms with Crippen LogP contribution in [0.2, 0.25) is 0 Å². The maximum Gasteiger partial charge on any atom is 0.122 e.